The van der Waals surface area contributed by atoms with Gasteiger partial charge >= 0.3 is 0 Å². The van der Waals surface area contributed by atoms with Crippen LogP contribution in [0.15, 0.2) is 0 Å². The minimum absolute atomic E-state index is 0.658. The van der Waals surface area contributed by atoms with Crippen molar-refractivity contribution >= 4 is 0 Å². The van der Waals surface area contributed by atoms with Gasteiger partial charge < -0.3 is 9.88 Å². The first kappa shape index (κ1) is 13.6. The van der Waals surface area contributed by atoms with Gasteiger partial charge in [-0.2, -0.15) is 0 Å². The molecule has 0 amide bonds. The first-order valence-electron chi connectivity index (χ1n) is 7.61. The largest absolute Gasteiger partial charge is 0.329 e. The van der Waals surface area contributed by atoms with E-state index in [0.29, 0.717) is 6.04 Å². The molecule has 1 aromatic heterocycles. The van der Waals surface area contributed by atoms with Gasteiger partial charge in [0.05, 0.1) is 5.69 Å². The Morgan fingerprint density at radius 3 is 2.78 bits per heavy atom. The minimum Gasteiger partial charge on any atom is -0.329 e. The predicted octanol–water partition coefficient (Wildman–Crippen LogP) is 3.23. The highest BCUT2D eigenvalue weighted by atomic mass is 15.1. The number of hydrogen-bond acceptors (Lipinski definition) is 2. The third-order valence-electron chi connectivity index (χ3n) is 3.93. The molecular formula is C15H27N3. The fourth-order valence-electron chi connectivity index (χ4n) is 3.07. The van der Waals surface area contributed by atoms with Crippen LogP contribution in [0.2, 0.25) is 0 Å². The molecule has 0 bridgehead atoms. The Labute approximate surface area is 111 Å². The van der Waals surface area contributed by atoms with E-state index in [-0.39, 0.29) is 0 Å². The summed E-state index contributed by atoms with van der Waals surface area (Å²) in [5.41, 5.74) is 2.82. The molecule has 18 heavy (non-hydrogen) atoms. The lowest BCUT2D eigenvalue weighted by molar-refractivity contribution is 0.416. The number of nitrogens with zero attached hydrogens (tertiary/aromatic N) is 2. The molecule has 1 aromatic rings. The van der Waals surface area contributed by atoms with E-state index in [9.17, 15) is 0 Å². The molecular weight excluding hydrogens is 222 g/mol. The van der Waals surface area contributed by atoms with Crippen LogP contribution in [0.3, 0.4) is 0 Å². The quantitative estimate of drug-likeness (QED) is 0.839. The first-order valence-corrected chi connectivity index (χ1v) is 7.61. The summed E-state index contributed by atoms with van der Waals surface area (Å²) >= 11 is 0. The molecule has 3 heteroatoms. The van der Waals surface area contributed by atoms with E-state index in [1.54, 1.807) is 0 Å². The molecule has 1 unspecified atom stereocenters. The second-order valence-corrected chi connectivity index (χ2v) is 5.32. The lowest BCUT2D eigenvalue weighted by Crippen LogP contribution is -2.26. The third kappa shape index (κ3) is 2.61. The van der Waals surface area contributed by atoms with Gasteiger partial charge in [-0.05, 0) is 19.3 Å². The maximum Gasteiger partial charge on any atom is 0.109 e. The average molecular weight is 249 g/mol. The Balaban J connectivity index is 2.37. The van der Waals surface area contributed by atoms with Gasteiger partial charge in [-0.15, -0.1) is 0 Å². The van der Waals surface area contributed by atoms with Crippen molar-refractivity contribution in [1.29, 1.82) is 0 Å². The zero-order valence-electron chi connectivity index (χ0n) is 12.1. The first-order chi connectivity index (χ1) is 8.81. The standard InChI is InChI=1S/C15H27N3/c1-4-7-12(6-3)18-14-9-10-16-11-13(14)17-15(18)8-5-2/h12,16H,4-11H2,1-3H3. The van der Waals surface area contributed by atoms with Crippen molar-refractivity contribution in [2.24, 2.45) is 0 Å². The molecule has 2 rings (SSSR count). The number of nitrogens with one attached hydrogen (secondary N) is 1. The van der Waals surface area contributed by atoms with Crippen molar-refractivity contribution in [3.05, 3.63) is 17.2 Å². The number of imidazole rings is 1. The second-order valence-electron chi connectivity index (χ2n) is 5.32. The third-order valence-corrected chi connectivity index (χ3v) is 3.93. The van der Waals surface area contributed by atoms with E-state index in [4.69, 9.17) is 4.98 Å². The number of hydrogen-bond donors (Lipinski definition) is 1. The van der Waals surface area contributed by atoms with Gasteiger partial charge in [0.2, 0.25) is 0 Å². The zero-order chi connectivity index (χ0) is 13.0. The van der Waals surface area contributed by atoms with Gasteiger partial charge in [0, 0.05) is 37.7 Å². The summed E-state index contributed by atoms with van der Waals surface area (Å²) in [7, 11) is 0. The van der Waals surface area contributed by atoms with Crippen LogP contribution in [-0.4, -0.2) is 16.1 Å². The molecule has 102 valence electrons. The lowest BCUT2D eigenvalue weighted by Gasteiger charge is -2.23. The van der Waals surface area contributed by atoms with E-state index in [1.807, 2.05) is 0 Å². The van der Waals surface area contributed by atoms with Gasteiger partial charge in [-0.25, -0.2) is 4.98 Å². The summed E-state index contributed by atoms with van der Waals surface area (Å²) in [6, 6.07) is 0.658. The molecule has 0 saturated carbocycles. The summed E-state index contributed by atoms with van der Waals surface area (Å²) in [6.45, 7) is 8.90. The molecule has 0 fully saturated rings. The fraction of sp³-hybridized carbons (Fsp3) is 0.800. The number of aryl methyl sites for hydroxylation is 1. The SMILES string of the molecule is CCCc1nc2c(n1C(CC)CCC)CCNC2. The highest BCUT2D eigenvalue weighted by Gasteiger charge is 2.23. The summed E-state index contributed by atoms with van der Waals surface area (Å²) in [6.07, 6.45) is 7.21. The van der Waals surface area contributed by atoms with Crippen molar-refractivity contribution in [3.63, 3.8) is 0 Å². The number of fused-ring (bicyclic) bond motifs is 1. The van der Waals surface area contributed by atoms with Gasteiger partial charge in [-0.1, -0.05) is 27.2 Å². The highest BCUT2D eigenvalue weighted by molar-refractivity contribution is 5.21. The maximum absolute atomic E-state index is 4.89. The van der Waals surface area contributed by atoms with Gasteiger partial charge in [0.15, 0.2) is 0 Å². The van der Waals surface area contributed by atoms with E-state index < -0.39 is 0 Å². The molecule has 1 aliphatic rings. The Bertz CT molecular complexity index is 381. The monoisotopic (exact) mass is 249 g/mol. The van der Waals surface area contributed by atoms with Crippen molar-refractivity contribution < 1.29 is 0 Å². The zero-order valence-corrected chi connectivity index (χ0v) is 12.1. The summed E-state index contributed by atoms with van der Waals surface area (Å²) in [5.74, 6) is 1.33. The van der Waals surface area contributed by atoms with Crippen LogP contribution < -0.4 is 5.32 Å². The van der Waals surface area contributed by atoms with E-state index >= 15 is 0 Å². The normalized spacial score (nSPS) is 16.6. The Morgan fingerprint density at radius 2 is 2.11 bits per heavy atom. The molecule has 0 spiro atoms. The molecule has 1 atom stereocenters. The molecule has 1 N–H and O–H groups in total. The van der Waals surface area contributed by atoms with E-state index in [1.165, 1.54) is 42.9 Å². The van der Waals surface area contributed by atoms with Crippen LogP contribution in [0.1, 0.15) is 69.7 Å². The molecule has 1 aliphatic heterocycles. The molecule has 3 nitrogen and oxygen atoms in total. The summed E-state index contributed by atoms with van der Waals surface area (Å²) in [4.78, 5) is 4.89. The maximum atomic E-state index is 4.89. The molecule has 0 saturated heterocycles. The Kier molecular flexibility index (Phi) is 4.81. The summed E-state index contributed by atoms with van der Waals surface area (Å²) in [5, 5.41) is 3.44. The van der Waals surface area contributed by atoms with Crippen molar-refractivity contribution in [2.75, 3.05) is 6.54 Å². The van der Waals surface area contributed by atoms with Crippen molar-refractivity contribution in [3.8, 4) is 0 Å². The molecule has 0 radical (unpaired) electrons. The minimum atomic E-state index is 0.658. The fourth-order valence-corrected chi connectivity index (χ4v) is 3.07. The Morgan fingerprint density at radius 1 is 1.28 bits per heavy atom. The van der Waals surface area contributed by atoms with Crippen LogP contribution in [0, 0.1) is 0 Å². The van der Waals surface area contributed by atoms with Crippen LogP contribution in [0.25, 0.3) is 0 Å². The average Bonchev–Trinajstić information content (AvgIpc) is 2.74. The van der Waals surface area contributed by atoms with Crippen LogP contribution in [0.5, 0.6) is 0 Å². The topological polar surface area (TPSA) is 29.9 Å². The van der Waals surface area contributed by atoms with Gasteiger partial charge in [-0.3, -0.25) is 0 Å². The van der Waals surface area contributed by atoms with Crippen molar-refractivity contribution in [2.45, 2.75) is 71.9 Å². The predicted molar refractivity (Wildman–Crippen MR) is 75.9 cm³/mol. The van der Waals surface area contributed by atoms with Crippen molar-refractivity contribution in [1.82, 2.24) is 14.9 Å². The molecule has 0 aromatic carbocycles. The number of rotatable bonds is 6. The highest BCUT2D eigenvalue weighted by Crippen LogP contribution is 2.27. The Hall–Kier alpha value is -0.830. The van der Waals surface area contributed by atoms with Crippen LogP contribution in [-0.2, 0) is 19.4 Å². The number of aromatic nitrogens is 2. The van der Waals surface area contributed by atoms with Crippen LogP contribution >= 0.6 is 0 Å². The van der Waals surface area contributed by atoms with E-state index in [2.05, 4.69) is 30.7 Å². The summed E-state index contributed by atoms with van der Waals surface area (Å²) < 4.78 is 2.59. The molecule has 0 aliphatic carbocycles. The second kappa shape index (κ2) is 6.37. The van der Waals surface area contributed by atoms with E-state index in [0.717, 1.165) is 25.9 Å². The van der Waals surface area contributed by atoms with Gasteiger partial charge in [0.25, 0.3) is 0 Å². The van der Waals surface area contributed by atoms with Gasteiger partial charge in [0.1, 0.15) is 5.82 Å². The smallest absolute Gasteiger partial charge is 0.109 e. The molecule has 2 heterocycles. The lowest BCUT2D eigenvalue weighted by atomic mass is 10.1. The van der Waals surface area contributed by atoms with Crippen LogP contribution in [0.4, 0.5) is 0 Å².